The first-order chi connectivity index (χ1) is 21.1. The van der Waals surface area contributed by atoms with Gasteiger partial charge in [0.2, 0.25) is 5.89 Å². The summed E-state index contributed by atoms with van der Waals surface area (Å²) in [6.07, 6.45) is 1.14. The van der Waals surface area contributed by atoms with Gasteiger partial charge in [0.05, 0.1) is 24.5 Å². The summed E-state index contributed by atoms with van der Waals surface area (Å²) in [4.78, 5) is 18.0. The monoisotopic (exact) mass is 571 g/mol. The molecule has 43 heavy (non-hydrogen) atoms. The fourth-order valence-corrected chi connectivity index (χ4v) is 4.95. The van der Waals surface area contributed by atoms with Crippen LogP contribution in [0, 0.1) is 6.92 Å². The van der Waals surface area contributed by atoms with Crippen LogP contribution in [0.1, 0.15) is 22.6 Å². The highest BCUT2D eigenvalue weighted by Crippen LogP contribution is 2.25. The van der Waals surface area contributed by atoms with Gasteiger partial charge in [0.25, 0.3) is 5.91 Å². The number of carbonyl (C=O) groups is 1. The van der Waals surface area contributed by atoms with Gasteiger partial charge >= 0.3 is 0 Å². The molecule has 1 aliphatic heterocycles. The minimum atomic E-state index is -0.213. The van der Waals surface area contributed by atoms with Crippen molar-refractivity contribution in [1.29, 1.82) is 0 Å². The van der Waals surface area contributed by atoms with Crippen LogP contribution in [0.5, 0.6) is 5.75 Å². The lowest BCUT2D eigenvalue weighted by molar-refractivity contribution is -0.113. The second-order valence-electron chi connectivity index (χ2n) is 10.3. The van der Waals surface area contributed by atoms with Crippen LogP contribution in [0.4, 0.5) is 5.69 Å². The molecule has 0 bridgehead atoms. The molecule has 5 aromatic rings. The van der Waals surface area contributed by atoms with Gasteiger partial charge in [-0.15, -0.1) is 5.53 Å². The van der Waals surface area contributed by atoms with E-state index in [0.29, 0.717) is 37.6 Å². The molecule has 0 atom stereocenters. The highest BCUT2D eigenvalue weighted by atomic mass is 16.5. The number of oxazole rings is 1. The normalized spacial score (nSPS) is 12.7. The fraction of sp³-hybridized carbons (Fsp3) is 0.143. The highest BCUT2D eigenvalue weighted by molar-refractivity contribution is 6.04. The lowest BCUT2D eigenvalue weighted by Crippen LogP contribution is -2.38. The number of aromatic nitrogens is 1. The van der Waals surface area contributed by atoms with Gasteiger partial charge in [-0.1, -0.05) is 78.9 Å². The number of amides is 1. The molecule has 0 radical (unpaired) electrons. The van der Waals surface area contributed by atoms with E-state index in [1.165, 1.54) is 0 Å². The summed E-state index contributed by atoms with van der Waals surface area (Å²) in [5.41, 5.74) is 12.3. The predicted molar refractivity (Wildman–Crippen MR) is 166 cm³/mol. The van der Waals surface area contributed by atoms with Crippen LogP contribution in [0.2, 0.25) is 0 Å². The largest absolute Gasteiger partial charge is 0.493 e. The average Bonchev–Trinajstić information content (AvgIpc) is 3.61. The third kappa shape index (κ3) is 6.94. The summed E-state index contributed by atoms with van der Waals surface area (Å²) in [5.74, 6) is 1.96. The summed E-state index contributed by atoms with van der Waals surface area (Å²) in [6.45, 7) is 2.98. The number of anilines is 1. The zero-order valence-electron chi connectivity index (χ0n) is 23.9. The fourth-order valence-electron chi connectivity index (χ4n) is 4.95. The van der Waals surface area contributed by atoms with Gasteiger partial charge in [0.15, 0.2) is 0 Å². The van der Waals surface area contributed by atoms with Crippen LogP contribution in [-0.2, 0) is 24.2 Å². The van der Waals surface area contributed by atoms with Crippen LogP contribution >= 0.6 is 0 Å². The van der Waals surface area contributed by atoms with Gasteiger partial charge in [-0.2, -0.15) is 0 Å². The van der Waals surface area contributed by atoms with Crippen molar-refractivity contribution in [2.24, 2.45) is 0 Å². The first kappa shape index (κ1) is 27.8. The topological polar surface area (TPSA) is 91.7 Å². The summed E-state index contributed by atoms with van der Waals surface area (Å²) in [6, 6.07) is 37.4. The van der Waals surface area contributed by atoms with Crippen molar-refractivity contribution in [2.75, 3.05) is 11.9 Å². The zero-order chi connectivity index (χ0) is 29.4. The van der Waals surface area contributed by atoms with Crippen LogP contribution < -0.4 is 21.0 Å². The molecule has 0 spiro atoms. The van der Waals surface area contributed by atoms with Crippen LogP contribution in [0.25, 0.3) is 11.5 Å². The summed E-state index contributed by atoms with van der Waals surface area (Å²) >= 11 is 0. The lowest BCUT2D eigenvalue weighted by Gasteiger charge is -2.21. The van der Waals surface area contributed by atoms with Crippen molar-refractivity contribution in [3.8, 4) is 17.2 Å². The molecule has 0 unspecified atom stereocenters. The first-order valence-corrected chi connectivity index (χ1v) is 14.3. The van der Waals surface area contributed by atoms with Crippen molar-refractivity contribution in [1.82, 2.24) is 21.0 Å². The van der Waals surface area contributed by atoms with Crippen molar-refractivity contribution in [3.63, 3.8) is 0 Å². The van der Waals surface area contributed by atoms with Gasteiger partial charge in [0.1, 0.15) is 17.2 Å². The second-order valence-corrected chi connectivity index (χ2v) is 10.3. The number of nitrogens with zero attached hydrogens (tertiary/aromatic N) is 2. The summed E-state index contributed by atoms with van der Waals surface area (Å²) < 4.78 is 12.0. The van der Waals surface area contributed by atoms with E-state index in [-0.39, 0.29) is 5.91 Å². The van der Waals surface area contributed by atoms with Crippen LogP contribution in [0.15, 0.2) is 131 Å². The number of hydrazine groups is 2. The Balaban J connectivity index is 1.16. The molecule has 0 saturated heterocycles. The second kappa shape index (κ2) is 13.1. The number of allylic oxidation sites excluding steroid dienone is 1. The minimum absolute atomic E-state index is 0.213. The number of rotatable bonds is 11. The van der Waals surface area contributed by atoms with Crippen molar-refractivity contribution >= 4 is 11.6 Å². The minimum Gasteiger partial charge on any atom is -0.493 e. The van der Waals surface area contributed by atoms with E-state index in [9.17, 15) is 4.79 Å². The first-order valence-electron chi connectivity index (χ1n) is 14.3. The maximum Gasteiger partial charge on any atom is 0.275 e. The number of ether oxygens (including phenoxy) is 1. The molecule has 1 aromatic heterocycles. The quantitative estimate of drug-likeness (QED) is 0.174. The smallest absolute Gasteiger partial charge is 0.275 e. The molecule has 8 heteroatoms. The van der Waals surface area contributed by atoms with Gasteiger partial charge in [-0.05, 0) is 54.4 Å². The van der Waals surface area contributed by atoms with E-state index < -0.39 is 0 Å². The number of para-hydroxylation sites is 1. The SMILES string of the molecule is Cc1oc(-c2ccccc2)nc1CCOc1cccc(CC2=C(C(=O)Nc3ccccc3)NNN2Cc2ccccc2)c1. The number of hydrogen-bond donors (Lipinski definition) is 3. The molecule has 1 aliphatic rings. The molecule has 216 valence electrons. The molecular formula is C35H33N5O3. The molecule has 6 rings (SSSR count). The van der Waals surface area contributed by atoms with Crippen LogP contribution in [-0.4, -0.2) is 22.5 Å². The van der Waals surface area contributed by atoms with Crippen molar-refractivity contribution < 1.29 is 13.9 Å². The van der Waals surface area contributed by atoms with E-state index in [1.807, 2.05) is 115 Å². The molecule has 8 nitrogen and oxygen atoms in total. The molecule has 4 aromatic carbocycles. The van der Waals surface area contributed by atoms with E-state index in [0.717, 1.165) is 45.3 Å². The Kier molecular flexibility index (Phi) is 8.47. The van der Waals surface area contributed by atoms with Gasteiger partial charge in [0, 0.05) is 24.1 Å². The number of aryl methyl sites for hydroxylation is 1. The van der Waals surface area contributed by atoms with Gasteiger partial charge < -0.3 is 14.5 Å². The van der Waals surface area contributed by atoms with E-state index in [1.54, 1.807) is 0 Å². The Morgan fingerprint density at radius 3 is 2.35 bits per heavy atom. The number of carbonyl (C=O) groups excluding carboxylic acids is 1. The van der Waals surface area contributed by atoms with Crippen molar-refractivity contribution in [2.45, 2.75) is 26.3 Å². The van der Waals surface area contributed by atoms with Crippen LogP contribution in [0.3, 0.4) is 0 Å². The molecule has 0 saturated carbocycles. The van der Waals surface area contributed by atoms with E-state index in [2.05, 4.69) is 33.4 Å². The highest BCUT2D eigenvalue weighted by Gasteiger charge is 2.27. The molecule has 0 aliphatic carbocycles. The van der Waals surface area contributed by atoms with Gasteiger partial charge in [-0.3, -0.25) is 15.2 Å². The Labute approximate surface area is 251 Å². The maximum atomic E-state index is 13.3. The molecular weight excluding hydrogens is 538 g/mol. The van der Waals surface area contributed by atoms with Crippen molar-refractivity contribution in [3.05, 3.63) is 149 Å². The number of nitrogens with one attached hydrogen (secondary N) is 3. The predicted octanol–water partition coefficient (Wildman–Crippen LogP) is 6.19. The van der Waals surface area contributed by atoms with Gasteiger partial charge in [-0.25, -0.2) is 4.98 Å². The Bertz CT molecular complexity index is 1700. The third-order valence-electron chi connectivity index (χ3n) is 7.16. The summed E-state index contributed by atoms with van der Waals surface area (Å²) in [5, 5.41) is 4.96. The lowest BCUT2D eigenvalue weighted by atomic mass is 10.1. The standard InChI is InChI=1S/C35H33N5O3/c1-25-31(37-35(43-25)28-15-7-3-8-16-28)20-21-42-30-19-11-14-27(22-30)23-32-33(34(41)36-29-17-9-4-10-18-29)38-39-40(32)24-26-12-5-2-6-13-26/h2-19,22,38-39H,20-21,23-24H2,1H3,(H,36,41). The Morgan fingerprint density at radius 2 is 1.58 bits per heavy atom. The average molecular weight is 572 g/mol. The number of hydrogen-bond acceptors (Lipinski definition) is 7. The number of benzene rings is 4. The molecule has 3 N–H and O–H groups in total. The maximum absolute atomic E-state index is 13.3. The Morgan fingerprint density at radius 1 is 0.884 bits per heavy atom. The molecule has 2 heterocycles. The summed E-state index contributed by atoms with van der Waals surface area (Å²) in [7, 11) is 0. The molecule has 1 amide bonds. The Hall–Kier alpha value is -5.34. The third-order valence-corrected chi connectivity index (χ3v) is 7.16. The van der Waals surface area contributed by atoms with E-state index >= 15 is 0 Å². The molecule has 0 fully saturated rings. The zero-order valence-corrected chi connectivity index (χ0v) is 23.9. The van der Waals surface area contributed by atoms with E-state index in [4.69, 9.17) is 9.15 Å².